The highest BCUT2D eigenvalue weighted by Gasteiger charge is 2.21. The fourth-order valence-corrected chi connectivity index (χ4v) is 3.23. The van der Waals surface area contributed by atoms with E-state index in [1.807, 2.05) is 60.7 Å². The summed E-state index contributed by atoms with van der Waals surface area (Å²) in [6.07, 6.45) is 2.60. The number of hydrogen-bond acceptors (Lipinski definition) is 4. The molecule has 2 aromatic heterocycles. The van der Waals surface area contributed by atoms with E-state index in [2.05, 4.69) is 10.3 Å². The van der Waals surface area contributed by atoms with Crippen LogP contribution in [0.3, 0.4) is 0 Å². The van der Waals surface area contributed by atoms with E-state index in [0.717, 1.165) is 21.9 Å². The van der Waals surface area contributed by atoms with Crippen LogP contribution in [-0.4, -0.2) is 15.5 Å². The van der Waals surface area contributed by atoms with Gasteiger partial charge in [-0.1, -0.05) is 60.7 Å². The van der Waals surface area contributed by atoms with Crippen molar-refractivity contribution < 1.29 is 9.21 Å². The van der Waals surface area contributed by atoms with Gasteiger partial charge in [0, 0.05) is 6.20 Å². The standard InChI is InChI=1S/C23H19N3O4/c27-21(19-14-24-23(29)26(22(19)28)15-18-12-7-13-30-18)25-20(16-8-3-1-4-9-16)17-10-5-2-6-11-17/h1-14,20H,15H2,(H,24,29)(H,25,27). The number of hydrogen-bond donors (Lipinski definition) is 2. The summed E-state index contributed by atoms with van der Waals surface area (Å²) >= 11 is 0. The van der Waals surface area contributed by atoms with Crippen molar-refractivity contribution in [3.8, 4) is 0 Å². The summed E-state index contributed by atoms with van der Waals surface area (Å²) in [6.45, 7) is -0.0664. The average molecular weight is 401 g/mol. The molecule has 1 amide bonds. The van der Waals surface area contributed by atoms with Crippen LogP contribution in [0, 0.1) is 0 Å². The lowest BCUT2D eigenvalue weighted by molar-refractivity contribution is 0.0940. The van der Waals surface area contributed by atoms with Crippen LogP contribution in [0.1, 0.15) is 33.3 Å². The highest BCUT2D eigenvalue weighted by molar-refractivity contribution is 5.94. The number of carbonyl (C=O) groups is 1. The normalized spacial score (nSPS) is 10.8. The van der Waals surface area contributed by atoms with E-state index in [-0.39, 0.29) is 12.1 Å². The van der Waals surface area contributed by atoms with Gasteiger partial charge in [-0.2, -0.15) is 0 Å². The zero-order valence-electron chi connectivity index (χ0n) is 15.9. The summed E-state index contributed by atoms with van der Waals surface area (Å²) in [7, 11) is 0. The molecule has 0 saturated heterocycles. The summed E-state index contributed by atoms with van der Waals surface area (Å²) < 4.78 is 6.15. The fraction of sp³-hybridized carbons (Fsp3) is 0.0870. The van der Waals surface area contributed by atoms with Crippen LogP contribution in [0.5, 0.6) is 0 Å². The van der Waals surface area contributed by atoms with Crippen LogP contribution >= 0.6 is 0 Å². The predicted octanol–water partition coefficient (Wildman–Crippen LogP) is 2.70. The van der Waals surface area contributed by atoms with Crippen LogP contribution in [0.2, 0.25) is 0 Å². The van der Waals surface area contributed by atoms with Crippen LogP contribution in [0.25, 0.3) is 0 Å². The van der Waals surface area contributed by atoms with Crippen LogP contribution in [-0.2, 0) is 6.54 Å². The molecule has 4 aromatic rings. The van der Waals surface area contributed by atoms with E-state index in [1.165, 1.54) is 6.26 Å². The molecule has 0 unspecified atom stereocenters. The molecule has 0 spiro atoms. The molecule has 30 heavy (non-hydrogen) atoms. The highest BCUT2D eigenvalue weighted by Crippen LogP contribution is 2.22. The maximum absolute atomic E-state index is 13.0. The topological polar surface area (TPSA) is 97.1 Å². The molecule has 0 radical (unpaired) electrons. The first-order chi connectivity index (χ1) is 14.6. The maximum atomic E-state index is 13.0. The Morgan fingerprint density at radius 3 is 2.13 bits per heavy atom. The van der Waals surface area contributed by atoms with Crippen LogP contribution < -0.4 is 16.6 Å². The molecule has 150 valence electrons. The number of amides is 1. The molecule has 7 nitrogen and oxygen atoms in total. The van der Waals surface area contributed by atoms with Gasteiger partial charge in [0.05, 0.1) is 18.8 Å². The highest BCUT2D eigenvalue weighted by atomic mass is 16.3. The lowest BCUT2D eigenvalue weighted by atomic mass is 9.98. The summed E-state index contributed by atoms with van der Waals surface area (Å²) in [5.74, 6) is -0.145. The smallest absolute Gasteiger partial charge is 0.328 e. The summed E-state index contributed by atoms with van der Waals surface area (Å²) in [6, 6.07) is 21.8. The quantitative estimate of drug-likeness (QED) is 0.519. The van der Waals surface area contributed by atoms with Gasteiger partial charge in [0.15, 0.2) is 0 Å². The maximum Gasteiger partial charge on any atom is 0.328 e. The van der Waals surface area contributed by atoms with Crippen molar-refractivity contribution in [2.75, 3.05) is 0 Å². The number of furan rings is 1. The minimum absolute atomic E-state index is 0.0664. The number of nitrogens with one attached hydrogen (secondary N) is 2. The van der Waals surface area contributed by atoms with E-state index in [9.17, 15) is 14.4 Å². The van der Waals surface area contributed by atoms with Gasteiger partial charge in [-0.05, 0) is 23.3 Å². The van der Waals surface area contributed by atoms with E-state index in [0.29, 0.717) is 5.76 Å². The zero-order chi connectivity index (χ0) is 20.9. The number of aromatic amines is 1. The molecule has 0 saturated carbocycles. The number of rotatable bonds is 6. The molecule has 0 aliphatic rings. The second-order valence-corrected chi connectivity index (χ2v) is 6.71. The first-order valence-corrected chi connectivity index (χ1v) is 9.39. The predicted molar refractivity (Wildman–Crippen MR) is 111 cm³/mol. The van der Waals surface area contributed by atoms with Gasteiger partial charge >= 0.3 is 5.69 Å². The molecule has 2 aromatic carbocycles. The molecule has 0 aliphatic heterocycles. The largest absolute Gasteiger partial charge is 0.467 e. The SMILES string of the molecule is O=C(NC(c1ccccc1)c1ccccc1)c1c[nH]c(=O)n(Cc2ccco2)c1=O. The summed E-state index contributed by atoms with van der Waals surface area (Å²) in [4.78, 5) is 40.5. The Hall–Kier alpha value is -4.13. The third kappa shape index (κ3) is 4.00. The van der Waals surface area contributed by atoms with Crippen molar-refractivity contribution in [2.45, 2.75) is 12.6 Å². The lowest BCUT2D eigenvalue weighted by Gasteiger charge is -2.20. The zero-order valence-corrected chi connectivity index (χ0v) is 15.9. The Morgan fingerprint density at radius 2 is 1.57 bits per heavy atom. The number of benzene rings is 2. The Labute approximate surface area is 171 Å². The minimum Gasteiger partial charge on any atom is -0.467 e. The average Bonchev–Trinajstić information content (AvgIpc) is 3.29. The van der Waals surface area contributed by atoms with Gasteiger partial charge in [-0.15, -0.1) is 0 Å². The van der Waals surface area contributed by atoms with Crippen LogP contribution in [0.4, 0.5) is 0 Å². The fourth-order valence-electron chi connectivity index (χ4n) is 3.23. The molecule has 0 aliphatic carbocycles. The second kappa shape index (κ2) is 8.48. The van der Waals surface area contributed by atoms with E-state index in [1.54, 1.807) is 12.1 Å². The Kier molecular flexibility index (Phi) is 5.43. The first-order valence-electron chi connectivity index (χ1n) is 9.39. The summed E-state index contributed by atoms with van der Waals surface area (Å²) in [5.41, 5.74) is 0.288. The molecular formula is C23H19N3O4. The van der Waals surface area contributed by atoms with Crippen molar-refractivity contribution in [3.05, 3.63) is 129 Å². The second-order valence-electron chi connectivity index (χ2n) is 6.71. The third-order valence-electron chi connectivity index (χ3n) is 4.74. The summed E-state index contributed by atoms with van der Waals surface area (Å²) in [5, 5.41) is 2.91. The monoisotopic (exact) mass is 401 g/mol. The van der Waals surface area contributed by atoms with Crippen LogP contribution in [0.15, 0.2) is 99.3 Å². The van der Waals surface area contributed by atoms with E-state index in [4.69, 9.17) is 4.42 Å². The van der Waals surface area contributed by atoms with Gasteiger partial charge in [0.1, 0.15) is 11.3 Å². The van der Waals surface area contributed by atoms with Gasteiger partial charge in [-0.3, -0.25) is 14.2 Å². The Balaban J connectivity index is 1.68. The molecule has 0 fully saturated rings. The third-order valence-corrected chi connectivity index (χ3v) is 4.74. The molecule has 0 atom stereocenters. The van der Waals surface area contributed by atoms with E-state index < -0.39 is 23.2 Å². The number of nitrogens with zero attached hydrogens (tertiary/aromatic N) is 1. The number of aromatic nitrogens is 2. The molecular weight excluding hydrogens is 382 g/mol. The lowest BCUT2D eigenvalue weighted by Crippen LogP contribution is -2.41. The van der Waals surface area contributed by atoms with Gasteiger partial charge in [0.2, 0.25) is 0 Å². The first kappa shape index (κ1) is 19.2. The van der Waals surface area contributed by atoms with Crippen molar-refractivity contribution in [1.82, 2.24) is 14.9 Å². The van der Waals surface area contributed by atoms with Crippen molar-refractivity contribution in [3.63, 3.8) is 0 Å². The number of carbonyl (C=O) groups excluding carboxylic acids is 1. The van der Waals surface area contributed by atoms with Gasteiger partial charge < -0.3 is 14.7 Å². The molecule has 2 N–H and O–H groups in total. The van der Waals surface area contributed by atoms with Crippen molar-refractivity contribution in [2.24, 2.45) is 0 Å². The Bertz CT molecular complexity index is 1200. The molecule has 7 heteroatoms. The molecule has 4 rings (SSSR count). The van der Waals surface area contributed by atoms with Crippen molar-refractivity contribution >= 4 is 5.91 Å². The molecule has 2 heterocycles. The Morgan fingerprint density at radius 1 is 0.933 bits per heavy atom. The number of H-pyrrole nitrogens is 1. The van der Waals surface area contributed by atoms with Gasteiger partial charge in [0.25, 0.3) is 11.5 Å². The van der Waals surface area contributed by atoms with E-state index >= 15 is 0 Å². The minimum atomic E-state index is -0.687. The van der Waals surface area contributed by atoms with Crippen molar-refractivity contribution in [1.29, 1.82) is 0 Å². The molecule has 0 bridgehead atoms. The van der Waals surface area contributed by atoms with Gasteiger partial charge in [-0.25, -0.2) is 4.79 Å².